The fourth-order valence-electron chi connectivity index (χ4n) is 5.81. The second-order valence-corrected chi connectivity index (χ2v) is 10.5. The van der Waals surface area contributed by atoms with E-state index in [4.69, 9.17) is 16.1 Å². The highest BCUT2D eigenvalue weighted by molar-refractivity contribution is 6.04. The number of fused-ring (bicyclic) bond motifs is 2. The molecule has 0 bridgehead atoms. The molecule has 4 aromatic rings. The molecule has 6 rings (SSSR count). The minimum absolute atomic E-state index is 0.0220. The van der Waals surface area contributed by atoms with Crippen molar-refractivity contribution in [3.63, 3.8) is 0 Å². The molecule has 214 valence electrons. The van der Waals surface area contributed by atoms with E-state index >= 15 is 4.39 Å². The average molecular weight is 569 g/mol. The fourth-order valence-corrected chi connectivity index (χ4v) is 5.81. The van der Waals surface area contributed by atoms with E-state index in [0.717, 1.165) is 32.5 Å². The van der Waals surface area contributed by atoms with Gasteiger partial charge in [0.25, 0.3) is 0 Å². The van der Waals surface area contributed by atoms with Gasteiger partial charge in [-0.25, -0.2) is 13.8 Å². The van der Waals surface area contributed by atoms with Crippen LogP contribution < -0.4 is 15.0 Å². The van der Waals surface area contributed by atoms with Crippen LogP contribution in [0.2, 0.25) is 0 Å². The van der Waals surface area contributed by atoms with Crippen LogP contribution in [0.15, 0.2) is 24.3 Å². The summed E-state index contributed by atoms with van der Waals surface area (Å²) in [6, 6.07) is 5.74. The highest BCUT2D eigenvalue weighted by Crippen LogP contribution is 2.40. The van der Waals surface area contributed by atoms with E-state index in [1.54, 1.807) is 6.92 Å². The van der Waals surface area contributed by atoms with E-state index < -0.39 is 11.6 Å². The lowest BCUT2D eigenvalue weighted by Gasteiger charge is -2.30. The summed E-state index contributed by atoms with van der Waals surface area (Å²) in [7, 11) is 2.05. The molecule has 0 radical (unpaired) electrons. The molecule has 0 spiro atoms. The van der Waals surface area contributed by atoms with Gasteiger partial charge in [0.15, 0.2) is 5.82 Å². The van der Waals surface area contributed by atoms with Crippen molar-refractivity contribution >= 4 is 27.5 Å². The van der Waals surface area contributed by atoms with Crippen LogP contribution in [0.3, 0.4) is 0 Å². The number of phenols is 1. The molecular formula is C32H30F2N6O2. The number of likely N-dealkylation sites (tertiary alicyclic amines) is 1. The fraction of sp³-hybridized carbons (Fsp3) is 0.344. The van der Waals surface area contributed by atoms with Crippen molar-refractivity contribution < 1.29 is 18.6 Å². The third-order valence-electron chi connectivity index (χ3n) is 7.93. The molecule has 4 heterocycles. The van der Waals surface area contributed by atoms with Crippen molar-refractivity contribution in [1.29, 1.82) is 0 Å². The maximum Gasteiger partial charge on any atom is 0.319 e. The topological polar surface area (TPSA) is 86.6 Å². The molecular weight excluding hydrogens is 538 g/mol. The Kier molecular flexibility index (Phi) is 7.51. The van der Waals surface area contributed by atoms with Gasteiger partial charge in [-0.1, -0.05) is 17.9 Å². The minimum atomic E-state index is -0.771. The first-order chi connectivity index (χ1) is 20.4. The second-order valence-electron chi connectivity index (χ2n) is 10.5. The molecule has 0 unspecified atom stereocenters. The van der Waals surface area contributed by atoms with E-state index in [-0.39, 0.29) is 51.2 Å². The highest BCUT2D eigenvalue weighted by Gasteiger charge is 2.28. The monoisotopic (exact) mass is 568 g/mol. The number of phenolic OH excluding ortho intramolecular Hbond substituents is 1. The summed E-state index contributed by atoms with van der Waals surface area (Å²) in [5.74, 6) is 7.17. The summed E-state index contributed by atoms with van der Waals surface area (Å²) in [5, 5.41) is 14.9. The first-order valence-electron chi connectivity index (χ1n) is 13.9. The maximum absolute atomic E-state index is 16.8. The molecule has 10 heteroatoms. The number of aromatic nitrogens is 3. The van der Waals surface area contributed by atoms with Gasteiger partial charge in [-0.2, -0.15) is 9.97 Å². The molecule has 2 saturated heterocycles. The Morgan fingerprint density at radius 3 is 2.64 bits per heavy atom. The largest absolute Gasteiger partial charge is 0.508 e. The summed E-state index contributed by atoms with van der Waals surface area (Å²) in [4.78, 5) is 18.2. The van der Waals surface area contributed by atoms with Crippen LogP contribution in [0.25, 0.3) is 32.9 Å². The zero-order chi connectivity index (χ0) is 29.4. The summed E-state index contributed by atoms with van der Waals surface area (Å²) in [6.07, 6.45) is 7.76. The third kappa shape index (κ3) is 4.94. The number of pyridine rings is 1. The summed E-state index contributed by atoms with van der Waals surface area (Å²) in [5.41, 5.74) is 0.157. The molecule has 2 aliphatic heterocycles. The van der Waals surface area contributed by atoms with Crippen molar-refractivity contribution in [1.82, 2.24) is 25.2 Å². The standard InChI is InChI=1S/C32H30F2N6O2/c1-4-7-25-27-30(28(34)29(36-25)23-17-21(41)16-19-9-10-24(33)22(5-2)26(19)23)37-32(42-18-20-8-6-13-39(20)3)38-31(27)40-14-11-35-12-15-40/h2,9-10,16-17,20,35,41H,6,8,11-15,18H2,1,3H3/t20-/m0/s1. The van der Waals surface area contributed by atoms with Crippen LogP contribution in [0.5, 0.6) is 11.8 Å². The van der Waals surface area contributed by atoms with E-state index in [0.29, 0.717) is 36.3 Å². The maximum atomic E-state index is 16.8. The molecule has 1 atom stereocenters. The van der Waals surface area contributed by atoms with E-state index in [1.807, 2.05) is 4.90 Å². The van der Waals surface area contributed by atoms with Gasteiger partial charge in [-0.05, 0) is 62.9 Å². The number of rotatable bonds is 5. The molecule has 2 N–H and O–H groups in total. The van der Waals surface area contributed by atoms with Gasteiger partial charge in [0.1, 0.15) is 40.9 Å². The molecule has 0 saturated carbocycles. The average Bonchev–Trinajstić information content (AvgIpc) is 3.41. The predicted molar refractivity (Wildman–Crippen MR) is 159 cm³/mol. The van der Waals surface area contributed by atoms with Crippen LogP contribution in [0.1, 0.15) is 31.0 Å². The number of terminal acetylenes is 1. The van der Waals surface area contributed by atoms with Crippen molar-refractivity contribution in [3.8, 4) is 47.2 Å². The van der Waals surface area contributed by atoms with Crippen molar-refractivity contribution in [3.05, 3.63) is 47.2 Å². The summed E-state index contributed by atoms with van der Waals surface area (Å²) in [6.45, 7) is 5.75. The number of benzene rings is 2. The minimum Gasteiger partial charge on any atom is -0.508 e. The third-order valence-corrected chi connectivity index (χ3v) is 7.93. The van der Waals surface area contributed by atoms with Gasteiger partial charge in [0.2, 0.25) is 0 Å². The molecule has 2 aromatic carbocycles. The number of nitrogens with zero attached hydrogens (tertiary/aromatic N) is 5. The molecule has 0 amide bonds. The predicted octanol–water partition coefficient (Wildman–Crippen LogP) is 4.06. The SMILES string of the molecule is C#Cc1c(F)ccc2cc(O)cc(-c3nc(C#CC)c4c(N5CCNCC5)nc(OC[C@@H]5CCCN5C)nc4c3F)c12. The van der Waals surface area contributed by atoms with Crippen LogP contribution in [0, 0.1) is 35.8 Å². The van der Waals surface area contributed by atoms with Crippen molar-refractivity contribution in [2.24, 2.45) is 0 Å². The zero-order valence-corrected chi connectivity index (χ0v) is 23.5. The number of halogens is 2. The zero-order valence-electron chi connectivity index (χ0n) is 23.5. The van der Waals surface area contributed by atoms with Gasteiger partial charge >= 0.3 is 6.01 Å². The van der Waals surface area contributed by atoms with Crippen LogP contribution in [-0.2, 0) is 0 Å². The van der Waals surface area contributed by atoms with Crippen LogP contribution >= 0.6 is 0 Å². The Morgan fingerprint density at radius 1 is 1.12 bits per heavy atom. The number of hydrogen-bond acceptors (Lipinski definition) is 8. The van der Waals surface area contributed by atoms with Crippen LogP contribution in [-0.4, -0.2) is 77.4 Å². The quantitative estimate of drug-likeness (QED) is 0.349. The number of anilines is 1. The highest BCUT2D eigenvalue weighted by atomic mass is 19.1. The van der Waals surface area contributed by atoms with E-state index in [9.17, 15) is 9.50 Å². The van der Waals surface area contributed by atoms with Crippen molar-refractivity contribution in [2.75, 3.05) is 51.3 Å². The molecule has 0 aliphatic carbocycles. The lowest BCUT2D eigenvalue weighted by atomic mass is 9.95. The Balaban J connectivity index is 1.62. The molecule has 2 aliphatic rings. The van der Waals surface area contributed by atoms with Gasteiger partial charge < -0.3 is 25.0 Å². The lowest BCUT2D eigenvalue weighted by molar-refractivity contribution is 0.188. The Hall–Kier alpha value is -4.51. The normalized spacial score (nSPS) is 17.3. The van der Waals surface area contributed by atoms with E-state index in [1.165, 1.54) is 24.3 Å². The molecule has 2 aromatic heterocycles. The van der Waals surface area contributed by atoms with Gasteiger partial charge in [0, 0.05) is 43.2 Å². The summed E-state index contributed by atoms with van der Waals surface area (Å²) < 4.78 is 37.7. The smallest absolute Gasteiger partial charge is 0.319 e. The number of nitrogens with one attached hydrogen (secondary N) is 1. The Bertz CT molecular complexity index is 1800. The molecule has 2 fully saturated rings. The van der Waals surface area contributed by atoms with E-state index in [2.05, 4.69) is 45.0 Å². The van der Waals surface area contributed by atoms with Gasteiger partial charge in [0.05, 0.1) is 10.9 Å². The molecule has 42 heavy (non-hydrogen) atoms. The Morgan fingerprint density at radius 2 is 1.93 bits per heavy atom. The van der Waals surface area contributed by atoms with Gasteiger partial charge in [-0.3, -0.25) is 0 Å². The number of hydrogen-bond donors (Lipinski definition) is 2. The number of piperazine rings is 1. The number of ether oxygens (including phenoxy) is 1. The van der Waals surface area contributed by atoms with Crippen LogP contribution in [0.4, 0.5) is 14.6 Å². The number of likely N-dealkylation sites (N-methyl/N-ethyl adjacent to an activating group) is 1. The van der Waals surface area contributed by atoms with Crippen molar-refractivity contribution in [2.45, 2.75) is 25.8 Å². The first-order valence-corrected chi connectivity index (χ1v) is 13.9. The Labute approximate surface area is 242 Å². The summed E-state index contributed by atoms with van der Waals surface area (Å²) >= 11 is 0. The second kappa shape index (κ2) is 11.4. The lowest BCUT2D eigenvalue weighted by Crippen LogP contribution is -2.44. The molecule has 8 nitrogen and oxygen atoms in total. The van der Waals surface area contributed by atoms with Gasteiger partial charge in [-0.15, -0.1) is 6.42 Å². The first kappa shape index (κ1) is 27.6. The number of aromatic hydroxyl groups is 1.